The number of carbonyl (C=O) groups excluding carboxylic acids is 1. The monoisotopic (exact) mass is 249 g/mol. The number of fused-ring (bicyclic) bond motifs is 1. The molecule has 0 bridgehead atoms. The molecule has 96 valence electrons. The first-order valence-electron chi connectivity index (χ1n) is 5.68. The fourth-order valence-electron chi connectivity index (χ4n) is 1.67. The highest BCUT2D eigenvalue weighted by Crippen LogP contribution is 2.11. The molecule has 0 fully saturated rings. The number of hydrogen-bond acceptors (Lipinski definition) is 4. The Morgan fingerprint density at radius 1 is 1.56 bits per heavy atom. The molecule has 6 heteroatoms. The molecule has 1 amide bonds. The summed E-state index contributed by atoms with van der Waals surface area (Å²) < 4.78 is 4.89. The second-order valence-corrected chi connectivity index (χ2v) is 4.30. The summed E-state index contributed by atoms with van der Waals surface area (Å²) in [6.45, 7) is 2.18. The molecule has 0 saturated heterocycles. The summed E-state index contributed by atoms with van der Waals surface area (Å²) in [6.07, 6.45) is 0.296. The Labute approximate surface area is 103 Å². The lowest BCUT2D eigenvalue weighted by molar-refractivity contribution is -0.121. The third kappa shape index (κ3) is 2.98. The second-order valence-electron chi connectivity index (χ2n) is 4.30. The molecule has 18 heavy (non-hydrogen) atoms. The van der Waals surface area contributed by atoms with Crippen molar-refractivity contribution >= 4 is 17.0 Å². The van der Waals surface area contributed by atoms with E-state index in [1.807, 2.05) is 0 Å². The molecule has 2 rings (SSSR count). The van der Waals surface area contributed by atoms with Gasteiger partial charge >= 0.3 is 5.76 Å². The maximum Gasteiger partial charge on any atom is 0.417 e. The van der Waals surface area contributed by atoms with E-state index >= 15 is 0 Å². The number of aromatic nitrogens is 1. The molecule has 0 aliphatic rings. The van der Waals surface area contributed by atoms with Crippen molar-refractivity contribution in [3.05, 3.63) is 34.3 Å². The SMILES string of the molecule is CC(N)CC(=O)NCc1ccc2oc(=O)[nH]c2c1. The Morgan fingerprint density at radius 3 is 3.06 bits per heavy atom. The van der Waals surface area contributed by atoms with Gasteiger partial charge in [-0.05, 0) is 24.6 Å². The minimum atomic E-state index is -0.483. The van der Waals surface area contributed by atoms with Gasteiger partial charge in [-0.25, -0.2) is 4.79 Å². The zero-order valence-electron chi connectivity index (χ0n) is 10.0. The van der Waals surface area contributed by atoms with E-state index in [4.69, 9.17) is 10.2 Å². The summed E-state index contributed by atoms with van der Waals surface area (Å²) in [5.74, 6) is -0.575. The van der Waals surface area contributed by atoms with E-state index < -0.39 is 5.76 Å². The number of nitrogens with one attached hydrogen (secondary N) is 2. The average Bonchev–Trinajstić information content (AvgIpc) is 2.64. The zero-order valence-corrected chi connectivity index (χ0v) is 10.0. The lowest BCUT2D eigenvalue weighted by Gasteiger charge is -2.07. The van der Waals surface area contributed by atoms with Crippen molar-refractivity contribution in [2.45, 2.75) is 25.9 Å². The molecule has 0 spiro atoms. The molecule has 0 radical (unpaired) electrons. The van der Waals surface area contributed by atoms with E-state index in [9.17, 15) is 9.59 Å². The fourth-order valence-corrected chi connectivity index (χ4v) is 1.67. The summed E-state index contributed by atoms with van der Waals surface area (Å²) in [7, 11) is 0. The Balaban J connectivity index is 2.03. The first kappa shape index (κ1) is 12.4. The van der Waals surface area contributed by atoms with Gasteiger partial charge in [-0.2, -0.15) is 0 Å². The highest BCUT2D eigenvalue weighted by Gasteiger charge is 2.06. The van der Waals surface area contributed by atoms with Crippen molar-refractivity contribution < 1.29 is 9.21 Å². The third-order valence-corrected chi connectivity index (χ3v) is 2.48. The Morgan fingerprint density at radius 2 is 2.33 bits per heavy atom. The summed E-state index contributed by atoms with van der Waals surface area (Å²) >= 11 is 0. The molecule has 1 aromatic carbocycles. The Hall–Kier alpha value is -2.08. The summed E-state index contributed by atoms with van der Waals surface area (Å²) in [5.41, 5.74) is 7.54. The smallest absolute Gasteiger partial charge is 0.408 e. The van der Waals surface area contributed by atoms with E-state index in [2.05, 4.69) is 10.3 Å². The molecule has 0 saturated carbocycles. The van der Waals surface area contributed by atoms with Crippen LogP contribution in [0, 0.1) is 0 Å². The van der Waals surface area contributed by atoms with Gasteiger partial charge < -0.3 is 15.5 Å². The van der Waals surface area contributed by atoms with Crippen molar-refractivity contribution in [1.82, 2.24) is 10.3 Å². The van der Waals surface area contributed by atoms with Crippen LogP contribution in [0.1, 0.15) is 18.9 Å². The van der Waals surface area contributed by atoms with Crippen LogP contribution in [0.15, 0.2) is 27.4 Å². The van der Waals surface area contributed by atoms with Crippen LogP contribution in [-0.4, -0.2) is 16.9 Å². The normalized spacial score (nSPS) is 12.6. The molecule has 1 heterocycles. The number of benzene rings is 1. The van der Waals surface area contributed by atoms with E-state index in [1.165, 1.54) is 0 Å². The van der Waals surface area contributed by atoms with Gasteiger partial charge in [0.25, 0.3) is 0 Å². The molecule has 6 nitrogen and oxygen atoms in total. The van der Waals surface area contributed by atoms with Crippen LogP contribution in [0.3, 0.4) is 0 Å². The minimum absolute atomic E-state index is 0.0919. The van der Waals surface area contributed by atoms with Crippen molar-refractivity contribution in [3.8, 4) is 0 Å². The van der Waals surface area contributed by atoms with Gasteiger partial charge in [-0.3, -0.25) is 9.78 Å². The van der Waals surface area contributed by atoms with Crippen LogP contribution in [0.25, 0.3) is 11.1 Å². The standard InChI is InChI=1S/C12H15N3O3/c1-7(13)4-11(16)14-6-8-2-3-10-9(5-8)15-12(17)18-10/h2-3,5,7H,4,6,13H2,1H3,(H,14,16)(H,15,17). The molecule has 4 N–H and O–H groups in total. The maximum atomic E-state index is 11.4. The second kappa shape index (κ2) is 5.05. The molecule has 1 atom stereocenters. The summed E-state index contributed by atoms with van der Waals surface area (Å²) in [6, 6.07) is 5.11. The first-order chi connectivity index (χ1) is 8.54. The van der Waals surface area contributed by atoms with Gasteiger partial charge in [0.2, 0.25) is 5.91 Å². The maximum absolute atomic E-state index is 11.4. The van der Waals surface area contributed by atoms with Gasteiger partial charge in [0, 0.05) is 19.0 Å². The highest BCUT2D eigenvalue weighted by atomic mass is 16.4. The molecule has 2 aromatic rings. The van der Waals surface area contributed by atoms with Crippen LogP contribution in [-0.2, 0) is 11.3 Å². The van der Waals surface area contributed by atoms with Gasteiger partial charge in [0.05, 0.1) is 5.52 Å². The van der Waals surface area contributed by atoms with Crippen molar-refractivity contribution in [2.24, 2.45) is 5.73 Å². The van der Waals surface area contributed by atoms with Crippen molar-refractivity contribution in [2.75, 3.05) is 0 Å². The predicted molar refractivity (Wildman–Crippen MR) is 66.9 cm³/mol. The zero-order chi connectivity index (χ0) is 13.1. The fraction of sp³-hybridized carbons (Fsp3) is 0.333. The minimum Gasteiger partial charge on any atom is -0.408 e. The number of carbonyl (C=O) groups is 1. The molecule has 0 aliphatic carbocycles. The van der Waals surface area contributed by atoms with E-state index in [1.54, 1.807) is 25.1 Å². The van der Waals surface area contributed by atoms with Gasteiger partial charge in [0.1, 0.15) is 0 Å². The van der Waals surface area contributed by atoms with E-state index in [0.29, 0.717) is 24.1 Å². The number of H-pyrrole nitrogens is 1. The van der Waals surface area contributed by atoms with Crippen LogP contribution in [0.5, 0.6) is 0 Å². The summed E-state index contributed by atoms with van der Waals surface area (Å²) in [5, 5.41) is 2.76. The van der Waals surface area contributed by atoms with Crippen molar-refractivity contribution in [3.63, 3.8) is 0 Å². The van der Waals surface area contributed by atoms with E-state index in [0.717, 1.165) is 5.56 Å². The Bertz CT molecular complexity index is 612. The molecular formula is C12H15N3O3. The predicted octanol–water partition coefficient (Wildman–Crippen LogP) is 0.475. The van der Waals surface area contributed by atoms with Crippen LogP contribution < -0.4 is 16.8 Å². The number of aromatic amines is 1. The van der Waals surface area contributed by atoms with Gasteiger partial charge in [-0.15, -0.1) is 0 Å². The number of oxazole rings is 1. The van der Waals surface area contributed by atoms with E-state index in [-0.39, 0.29) is 11.9 Å². The van der Waals surface area contributed by atoms with Crippen LogP contribution >= 0.6 is 0 Å². The number of nitrogens with two attached hydrogens (primary N) is 1. The molecule has 1 unspecified atom stereocenters. The highest BCUT2D eigenvalue weighted by molar-refractivity contribution is 5.77. The largest absolute Gasteiger partial charge is 0.417 e. The number of hydrogen-bond donors (Lipinski definition) is 3. The molecule has 0 aliphatic heterocycles. The number of rotatable bonds is 4. The molecule has 1 aromatic heterocycles. The van der Waals surface area contributed by atoms with Crippen molar-refractivity contribution in [1.29, 1.82) is 0 Å². The lowest BCUT2D eigenvalue weighted by Crippen LogP contribution is -2.29. The third-order valence-electron chi connectivity index (χ3n) is 2.48. The van der Waals surface area contributed by atoms with Crippen LogP contribution in [0.4, 0.5) is 0 Å². The summed E-state index contributed by atoms with van der Waals surface area (Å²) in [4.78, 5) is 25.0. The van der Waals surface area contributed by atoms with Gasteiger partial charge in [-0.1, -0.05) is 6.07 Å². The average molecular weight is 249 g/mol. The first-order valence-corrected chi connectivity index (χ1v) is 5.68. The number of amides is 1. The molecular weight excluding hydrogens is 234 g/mol. The van der Waals surface area contributed by atoms with Gasteiger partial charge in [0.15, 0.2) is 5.58 Å². The quantitative estimate of drug-likeness (QED) is 0.733. The lowest BCUT2D eigenvalue weighted by atomic mass is 10.2. The topological polar surface area (TPSA) is 101 Å². The van der Waals surface area contributed by atoms with Crippen LogP contribution in [0.2, 0.25) is 0 Å². The Kier molecular flexibility index (Phi) is 3.47.